The third kappa shape index (κ3) is 2.37. The second-order valence-corrected chi connectivity index (χ2v) is 9.87. The van der Waals surface area contributed by atoms with Crippen LogP contribution < -0.4 is 0 Å². The average Bonchev–Trinajstić information content (AvgIpc) is 3.67. The molecule has 4 aromatic heterocycles. The zero-order valence-corrected chi connectivity index (χ0v) is 19.9. The molecule has 1 aliphatic carbocycles. The van der Waals surface area contributed by atoms with Gasteiger partial charge < -0.3 is 4.57 Å². The van der Waals surface area contributed by atoms with E-state index in [1.807, 2.05) is 24.7 Å². The molecule has 0 saturated heterocycles. The molecule has 4 aromatic carbocycles. The van der Waals surface area contributed by atoms with E-state index < -0.39 is 0 Å². The Hall–Kier alpha value is -4.96. The molecule has 0 amide bonds. The lowest BCUT2D eigenvalue weighted by molar-refractivity contribution is 1.18. The smallest absolute Gasteiger partial charge is 0.145 e. The van der Waals surface area contributed by atoms with Gasteiger partial charge in [-0.15, -0.1) is 0 Å². The first kappa shape index (κ1) is 19.3. The van der Waals surface area contributed by atoms with E-state index in [1.165, 1.54) is 60.5 Å². The lowest BCUT2D eigenvalue weighted by atomic mass is 9.98. The topological polar surface area (TPSA) is 35.1 Å². The molecule has 37 heavy (non-hydrogen) atoms. The SMILES string of the molecule is c1ccc(-n2c3ccccc3c3ccc4c(c32)-c2ccc3c5ncccc5n5ccnc5c3c2C4)cc1. The van der Waals surface area contributed by atoms with Crippen molar-refractivity contribution in [2.24, 2.45) is 0 Å². The highest BCUT2D eigenvalue weighted by molar-refractivity contribution is 6.18. The zero-order chi connectivity index (χ0) is 24.1. The summed E-state index contributed by atoms with van der Waals surface area (Å²) in [5, 5.41) is 4.95. The first-order chi connectivity index (χ1) is 18.4. The summed E-state index contributed by atoms with van der Waals surface area (Å²) in [6, 6.07) is 32.8. The summed E-state index contributed by atoms with van der Waals surface area (Å²) in [7, 11) is 0. The summed E-state index contributed by atoms with van der Waals surface area (Å²) < 4.78 is 4.63. The van der Waals surface area contributed by atoms with Crippen molar-refractivity contribution >= 4 is 49.3 Å². The normalized spacial score (nSPS) is 12.8. The zero-order valence-electron chi connectivity index (χ0n) is 19.9. The molecule has 172 valence electrons. The van der Waals surface area contributed by atoms with Gasteiger partial charge in [-0.2, -0.15) is 0 Å². The Labute approximate surface area is 212 Å². The highest BCUT2D eigenvalue weighted by Gasteiger charge is 2.28. The molecule has 0 N–H and O–H groups in total. The molecule has 4 nitrogen and oxygen atoms in total. The lowest BCUT2D eigenvalue weighted by Gasteiger charge is -2.13. The molecule has 0 radical (unpaired) electrons. The third-order valence-corrected chi connectivity index (χ3v) is 8.05. The Kier molecular flexibility index (Phi) is 3.55. The van der Waals surface area contributed by atoms with Gasteiger partial charge in [0.1, 0.15) is 5.65 Å². The second-order valence-electron chi connectivity index (χ2n) is 9.87. The number of benzene rings is 4. The number of rotatable bonds is 1. The lowest BCUT2D eigenvalue weighted by Crippen LogP contribution is -1.96. The predicted octanol–water partition coefficient (Wildman–Crippen LogP) is 7.70. The summed E-state index contributed by atoms with van der Waals surface area (Å²) in [5.74, 6) is 0. The van der Waals surface area contributed by atoms with Crippen LogP contribution in [-0.2, 0) is 6.42 Å². The van der Waals surface area contributed by atoms with Crippen molar-refractivity contribution in [2.45, 2.75) is 6.42 Å². The minimum absolute atomic E-state index is 0.884. The van der Waals surface area contributed by atoms with Crippen LogP contribution in [0.4, 0.5) is 0 Å². The number of aromatic nitrogens is 4. The number of para-hydroxylation sites is 2. The summed E-state index contributed by atoms with van der Waals surface area (Å²) >= 11 is 0. The van der Waals surface area contributed by atoms with Crippen LogP contribution in [0.2, 0.25) is 0 Å². The fourth-order valence-corrected chi connectivity index (χ4v) is 6.58. The first-order valence-corrected chi connectivity index (χ1v) is 12.6. The van der Waals surface area contributed by atoms with Gasteiger partial charge in [-0.25, -0.2) is 4.98 Å². The van der Waals surface area contributed by atoms with Gasteiger partial charge in [-0.3, -0.25) is 9.38 Å². The molecule has 0 aliphatic heterocycles. The number of hydrogen-bond acceptors (Lipinski definition) is 2. The van der Waals surface area contributed by atoms with E-state index in [0.29, 0.717) is 0 Å². The molecule has 0 unspecified atom stereocenters. The summed E-state index contributed by atoms with van der Waals surface area (Å²) in [6.45, 7) is 0. The molecule has 0 fully saturated rings. The van der Waals surface area contributed by atoms with E-state index in [-0.39, 0.29) is 0 Å². The molecular weight excluding hydrogens is 452 g/mol. The van der Waals surface area contributed by atoms with Gasteiger partial charge in [-0.1, -0.05) is 60.7 Å². The summed E-state index contributed by atoms with van der Waals surface area (Å²) in [5.41, 5.74) is 12.1. The maximum absolute atomic E-state index is 4.83. The molecule has 0 saturated carbocycles. The van der Waals surface area contributed by atoms with Gasteiger partial charge in [0, 0.05) is 51.4 Å². The number of hydrogen-bond donors (Lipinski definition) is 0. The molecule has 0 atom stereocenters. The Bertz CT molecular complexity index is 2220. The summed E-state index contributed by atoms with van der Waals surface area (Å²) in [6.07, 6.45) is 6.71. The van der Waals surface area contributed by atoms with Crippen molar-refractivity contribution < 1.29 is 0 Å². The maximum Gasteiger partial charge on any atom is 0.145 e. The molecule has 0 spiro atoms. The van der Waals surface area contributed by atoms with Gasteiger partial charge >= 0.3 is 0 Å². The number of pyridine rings is 2. The van der Waals surface area contributed by atoms with Crippen molar-refractivity contribution in [2.75, 3.05) is 0 Å². The van der Waals surface area contributed by atoms with Gasteiger partial charge in [0.2, 0.25) is 0 Å². The largest absolute Gasteiger partial charge is 0.309 e. The van der Waals surface area contributed by atoms with E-state index in [0.717, 1.165) is 23.1 Å². The summed E-state index contributed by atoms with van der Waals surface area (Å²) in [4.78, 5) is 9.62. The van der Waals surface area contributed by atoms with Crippen LogP contribution in [0.5, 0.6) is 0 Å². The number of imidazole rings is 1. The predicted molar refractivity (Wildman–Crippen MR) is 151 cm³/mol. The minimum Gasteiger partial charge on any atom is -0.309 e. The van der Waals surface area contributed by atoms with Crippen LogP contribution in [0.15, 0.2) is 110 Å². The maximum atomic E-state index is 4.83. The monoisotopic (exact) mass is 472 g/mol. The van der Waals surface area contributed by atoms with Crippen LogP contribution >= 0.6 is 0 Å². The van der Waals surface area contributed by atoms with Crippen molar-refractivity contribution in [3.05, 3.63) is 121 Å². The van der Waals surface area contributed by atoms with Gasteiger partial charge in [0.05, 0.1) is 22.1 Å². The molecule has 4 heterocycles. The molecular formula is C33H20N4. The van der Waals surface area contributed by atoms with E-state index in [2.05, 4.69) is 93.9 Å². The minimum atomic E-state index is 0.884. The Morgan fingerprint density at radius 2 is 1.49 bits per heavy atom. The molecule has 0 bridgehead atoms. The fraction of sp³-hybridized carbons (Fsp3) is 0.0303. The van der Waals surface area contributed by atoms with Crippen molar-refractivity contribution in [3.8, 4) is 16.8 Å². The Morgan fingerprint density at radius 1 is 0.649 bits per heavy atom. The average molecular weight is 473 g/mol. The van der Waals surface area contributed by atoms with Crippen molar-refractivity contribution in [1.82, 2.24) is 18.9 Å². The molecule has 4 heteroatoms. The highest BCUT2D eigenvalue weighted by Crippen LogP contribution is 2.48. The van der Waals surface area contributed by atoms with Crippen LogP contribution in [0, 0.1) is 0 Å². The quantitative estimate of drug-likeness (QED) is 0.229. The van der Waals surface area contributed by atoms with Crippen molar-refractivity contribution in [1.29, 1.82) is 0 Å². The highest BCUT2D eigenvalue weighted by atomic mass is 15.0. The molecule has 1 aliphatic rings. The Balaban J connectivity index is 1.47. The Morgan fingerprint density at radius 3 is 2.43 bits per heavy atom. The van der Waals surface area contributed by atoms with E-state index >= 15 is 0 Å². The molecule has 8 aromatic rings. The molecule has 9 rings (SSSR count). The van der Waals surface area contributed by atoms with Crippen LogP contribution in [-0.4, -0.2) is 18.9 Å². The van der Waals surface area contributed by atoms with Gasteiger partial charge in [-0.05, 0) is 53.4 Å². The number of fused-ring (bicyclic) bond motifs is 14. The van der Waals surface area contributed by atoms with E-state index in [9.17, 15) is 0 Å². The second kappa shape index (κ2) is 6.83. The van der Waals surface area contributed by atoms with Gasteiger partial charge in [0.25, 0.3) is 0 Å². The first-order valence-electron chi connectivity index (χ1n) is 12.6. The third-order valence-electron chi connectivity index (χ3n) is 8.05. The van der Waals surface area contributed by atoms with Crippen LogP contribution in [0.25, 0.3) is 66.1 Å². The fourth-order valence-electron chi connectivity index (χ4n) is 6.58. The van der Waals surface area contributed by atoms with Gasteiger partial charge in [0.15, 0.2) is 0 Å². The van der Waals surface area contributed by atoms with E-state index in [1.54, 1.807) is 0 Å². The standard InChI is InChI=1S/C33H20N4/c1-2-7-21(8-3-1)37-27-10-5-4-9-22(27)24-13-12-20-19-26-23(29(20)32(24)37)14-15-25-30(26)33-35-17-18-36(33)28-11-6-16-34-31(25)28/h1-18H,19H2. The van der Waals surface area contributed by atoms with Crippen molar-refractivity contribution in [3.63, 3.8) is 0 Å². The van der Waals surface area contributed by atoms with Crippen LogP contribution in [0.1, 0.15) is 11.1 Å². The number of nitrogens with zero attached hydrogens (tertiary/aromatic N) is 4. The van der Waals surface area contributed by atoms with E-state index in [4.69, 9.17) is 9.97 Å². The van der Waals surface area contributed by atoms with Crippen LogP contribution in [0.3, 0.4) is 0 Å².